The molecule has 1 N–H and O–H groups in total. The van der Waals surface area contributed by atoms with Crippen LogP contribution in [0.25, 0.3) is 10.2 Å². The Morgan fingerprint density at radius 3 is 2.48 bits per heavy atom. The van der Waals surface area contributed by atoms with E-state index < -0.39 is 12.1 Å². The smallest absolute Gasteiger partial charge is 0.344 e. The molecular formula is C22H26N2O4S. The van der Waals surface area contributed by atoms with Crippen LogP contribution in [0.3, 0.4) is 0 Å². The molecule has 29 heavy (non-hydrogen) atoms. The van der Waals surface area contributed by atoms with Crippen molar-refractivity contribution in [2.24, 2.45) is 0 Å². The Morgan fingerprint density at radius 2 is 1.86 bits per heavy atom. The quantitative estimate of drug-likeness (QED) is 0.618. The molecule has 1 atom stereocenters. The number of fused-ring (bicyclic) bond motifs is 1. The van der Waals surface area contributed by atoms with Gasteiger partial charge in [-0.15, -0.1) is 11.3 Å². The van der Waals surface area contributed by atoms with Crippen LogP contribution < -0.4 is 10.3 Å². The number of nitrogens with zero attached hydrogens (tertiary/aromatic N) is 1. The lowest BCUT2D eigenvalue weighted by atomic mass is 9.87. The average molecular weight is 415 g/mol. The zero-order chi connectivity index (χ0) is 21.3. The Bertz CT molecular complexity index is 1090. The summed E-state index contributed by atoms with van der Waals surface area (Å²) in [5.41, 5.74) is 1.95. The number of H-pyrrole nitrogens is 1. The number of hydrogen-bond acceptors (Lipinski definition) is 6. The molecule has 0 saturated carbocycles. The number of nitrogens with one attached hydrogen (secondary N) is 1. The molecular weight excluding hydrogens is 388 g/mol. The Morgan fingerprint density at radius 1 is 1.21 bits per heavy atom. The van der Waals surface area contributed by atoms with Gasteiger partial charge in [-0.2, -0.15) is 0 Å². The van der Waals surface area contributed by atoms with E-state index in [0.29, 0.717) is 21.8 Å². The van der Waals surface area contributed by atoms with Gasteiger partial charge in [0.1, 0.15) is 10.6 Å². The number of aryl methyl sites for hydroxylation is 2. The van der Waals surface area contributed by atoms with Crippen LogP contribution in [0.15, 0.2) is 29.1 Å². The highest BCUT2D eigenvalue weighted by Gasteiger charge is 2.19. The Labute approximate surface area is 173 Å². The summed E-state index contributed by atoms with van der Waals surface area (Å²) in [5.74, 6) is 0.394. The number of thiophene rings is 1. The Kier molecular flexibility index (Phi) is 5.80. The van der Waals surface area contributed by atoms with E-state index in [4.69, 9.17) is 9.47 Å². The first-order chi connectivity index (χ1) is 13.6. The van der Waals surface area contributed by atoms with Gasteiger partial charge >= 0.3 is 5.97 Å². The summed E-state index contributed by atoms with van der Waals surface area (Å²) >= 11 is 1.46. The van der Waals surface area contributed by atoms with E-state index in [1.807, 2.05) is 38.1 Å². The normalized spacial score (nSPS) is 12.8. The van der Waals surface area contributed by atoms with Gasteiger partial charge in [0, 0.05) is 4.88 Å². The Balaban J connectivity index is 1.63. The summed E-state index contributed by atoms with van der Waals surface area (Å²) in [6.45, 7) is 11.7. The van der Waals surface area contributed by atoms with Gasteiger partial charge in [-0.3, -0.25) is 4.79 Å². The third-order valence-corrected chi connectivity index (χ3v) is 5.93. The van der Waals surface area contributed by atoms with Gasteiger partial charge in [-0.1, -0.05) is 32.9 Å². The highest BCUT2D eigenvalue weighted by atomic mass is 32.1. The van der Waals surface area contributed by atoms with E-state index in [9.17, 15) is 9.59 Å². The van der Waals surface area contributed by atoms with Gasteiger partial charge < -0.3 is 14.5 Å². The predicted octanol–water partition coefficient (Wildman–Crippen LogP) is 4.58. The van der Waals surface area contributed by atoms with E-state index in [1.165, 1.54) is 16.9 Å². The minimum atomic E-state index is -0.686. The summed E-state index contributed by atoms with van der Waals surface area (Å²) in [4.78, 5) is 33.4. The van der Waals surface area contributed by atoms with Crippen LogP contribution in [-0.4, -0.2) is 22.5 Å². The maximum Gasteiger partial charge on any atom is 0.344 e. The molecule has 3 aromatic rings. The second-order valence-corrected chi connectivity index (χ2v) is 9.31. The fourth-order valence-electron chi connectivity index (χ4n) is 2.94. The lowest BCUT2D eigenvalue weighted by molar-refractivity contribution is -0.151. The SMILES string of the molecule is Cc1sc2nc([C@@H](C)OC(=O)COc3ccc(C(C)(C)C)cc3)[nH]c(=O)c2c1C. The maximum atomic E-state index is 12.4. The molecule has 0 aliphatic carbocycles. The summed E-state index contributed by atoms with van der Waals surface area (Å²) in [6.07, 6.45) is -0.686. The second-order valence-electron chi connectivity index (χ2n) is 8.11. The number of carbonyl (C=O) groups is 1. The van der Waals surface area contributed by atoms with Crippen LogP contribution in [0.2, 0.25) is 0 Å². The number of esters is 1. The van der Waals surface area contributed by atoms with E-state index in [1.54, 1.807) is 6.92 Å². The van der Waals surface area contributed by atoms with Gasteiger partial charge in [-0.05, 0) is 49.4 Å². The van der Waals surface area contributed by atoms with Gasteiger partial charge in [0.25, 0.3) is 5.56 Å². The largest absolute Gasteiger partial charge is 0.482 e. The fourth-order valence-corrected chi connectivity index (χ4v) is 3.98. The van der Waals surface area contributed by atoms with Crippen LogP contribution in [0.5, 0.6) is 5.75 Å². The molecule has 0 radical (unpaired) electrons. The molecule has 154 valence electrons. The average Bonchev–Trinajstić information content (AvgIpc) is 2.94. The molecule has 3 rings (SSSR count). The maximum absolute atomic E-state index is 12.4. The number of aromatic amines is 1. The van der Waals surface area contributed by atoms with Gasteiger partial charge in [0.05, 0.1) is 5.39 Å². The lowest BCUT2D eigenvalue weighted by Crippen LogP contribution is -2.20. The minimum absolute atomic E-state index is 0.0531. The van der Waals surface area contributed by atoms with Crippen LogP contribution in [0, 0.1) is 13.8 Å². The summed E-state index contributed by atoms with van der Waals surface area (Å²) in [6, 6.07) is 7.65. The van der Waals surface area contributed by atoms with Gasteiger partial charge in [0.2, 0.25) is 0 Å². The molecule has 1 aromatic carbocycles. The predicted molar refractivity (Wildman–Crippen MR) is 115 cm³/mol. The summed E-state index contributed by atoms with van der Waals surface area (Å²) in [7, 11) is 0. The molecule has 0 spiro atoms. The number of benzene rings is 1. The zero-order valence-corrected chi connectivity index (χ0v) is 18.4. The standard InChI is InChI=1S/C22H26N2O4S/c1-12-14(3)29-21-18(12)20(26)23-19(24-21)13(2)28-17(25)11-27-16-9-7-15(8-10-16)22(4,5)6/h7-10,13H,11H2,1-6H3,(H,23,24,26)/t13-/m1/s1. The second kappa shape index (κ2) is 7.99. The van der Waals surface area contributed by atoms with E-state index in [-0.39, 0.29) is 17.6 Å². The van der Waals surface area contributed by atoms with Crippen molar-refractivity contribution >= 4 is 27.5 Å². The summed E-state index contributed by atoms with van der Waals surface area (Å²) < 4.78 is 10.9. The number of aromatic nitrogens is 2. The molecule has 0 unspecified atom stereocenters. The molecule has 2 heterocycles. The monoisotopic (exact) mass is 414 g/mol. The van der Waals surface area contributed by atoms with E-state index in [0.717, 1.165) is 10.4 Å². The van der Waals surface area contributed by atoms with Crippen molar-refractivity contribution in [3.63, 3.8) is 0 Å². The third-order valence-electron chi connectivity index (χ3n) is 4.83. The molecule has 2 aromatic heterocycles. The molecule has 0 aliphatic heterocycles. The van der Waals surface area contributed by atoms with E-state index in [2.05, 4.69) is 30.7 Å². The first kappa shape index (κ1) is 21.0. The van der Waals surface area contributed by atoms with Crippen LogP contribution >= 0.6 is 11.3 Å². The molecule has 0 bridgehead atoms. The van der Waals surface area contributed by atoms with Crippen molar-refractivity contribution in [1.29, 1.82) is 0 Å². The molecule has 0 fully saturated rings. The number of rotatable bonds is 5. The molecule has 7 heteroatoms. The van der Waals surface area contributed by atoms with Crippen molar-refractivity contribution < 1.29 is 14.3 Å². The van der Waals surface area contributed by atoms with Crippen LogP contribution in [0.1, 0.15) is 55.6 Å². The highest BCUT2D eigenvalue weighted by molar-refractivity contribution is 7.18. The van der Waals surface area contributed by atoms with Crippen molar-refractivity contribution in [2.75, 3.05) is 6.61 Å². The highest BCUT2D eigenvalue weighted by Crippen LogP contribution is 2.27. The molecule has 6 nitrogen and oxygen atoms in total. The van der Waals surface area contributed by atoms with Crippen molar-refractivity contribution in [3.8, 4) is 5.75 Å². The zero-order valence-electron chi connectivity index (χ0n) is 17.6. The topological polar surface area (TPSA) is 81.3 Å². The molecule has 0 amide bonds. The molecule has 0 aliphatic rings. The van der Waals surface area contributed by atoms with Crippen molar-refractivity contribution in [1.82, 2.24) is 9.97 Å². The fraction of sp³-hybridized carbons (Fsp3) is 0.409. The number of carbonyl (C=O) groups excluding carboxylic acids is 1. The number of ether oxygens (including phenoxy) is 2. The van der Waals surface area contributed by atoms with Crippen molar-refractivity contribution in [3.05, 3.63) is 56.4 Å². The van der Waals surface area contributed by atoms with E-state index >= 15 is 0 Å². The Hall–Kier alpha value is -2.67. The van der Waals surface area contributed by atoms with Crippen LogP contribution in [0.4, 0.5) is 0 Å². The molecule has 0 saturated heterocycles. The third kappa shape index (κ3) is 4.67. The number of hydrogen-bond donors (Lipinski definition) is 1. The van der Waals surface area contributed by atoms with Crippen molar-refractivity contribution in [2.45, 2.75) is 53.1 Å². The lowest BCUT2D eigenvalue weighted by Gasteiger charge is -2.19. The summed E-state index contributed by atoms with van der Waals surface area (Å²) in [5, 5.41) is 0.594. The minimum Gasteiger partial charge on any atom is -0.482 e. The van der Waals surface area contributed by atoms with Gasteiger partial charge in [0.15, 0.2) is 18.5 Å². The first-order valence-corrected chi connectivity index (χ1v) is 10.3. The van der Waals surface area contributed by atoms with Gasteiger partial charge in [-0.25, -0.2) is 9.78 Å². The van der Waals surface area contributed by atoms with Crippen LogP contribution in [-0.2, 0) is 14.9 Å². The first-order valence-electron chi connectivity index (χ1n) is 9.49.